The van der Waals surface area contributed by atoms with Crippen LogP contribution in [0.1, 0.15) is 11.8 Å². The number of rotatable bonds is 2. The van der Waals surface area contributed by atoms with Crippen LogP contribution >= 0.6 is 0 Å². The third-order valence-corrected chi connectivity index (χ3v) is 2.62. The van der Waals surface area contributed by atoms with Gasteiger partial charge in [-0.1, -0.05) is 5.16 Å². The third kappa shape index (κ3) is 1.33. The maximum Gasteiger partial charge on any atom is 0.232 e. The number of hydrogen-bond acceptors (Lipinski definition) is 5. The Labute approximate surface area is 86.3 Å². The zero-order chi connectivity index (χ0) is 10.3. The van der Waals surface area contributed by atoms with Gasteiger partial charge in [-0.15, -0.1) is 0 Å². The van der Waals surface area contributed by atoms with Gasteiger partial charge in [0, 0.05) is 20.1 Å². The first kappa shape index (κ1) is 8.60. The van der Waals surface area contributed by atoms with Gasteiger partial charge in [-0.2, -0.15) is 4.98 Å². The van der Waals surface area contributed by atoms with Crippen molar-refractivity contribution >= 4 is 0 Å². The van der Waals surface area contributed by atoms with Gasteiger partial charge in [0.2, 0.25) is 11.7 Å². The Balaban J connectivity index is 1.93. The molecule has 0 amide bonds. The molecule has 78 valence electrons. The zero-order valence-corrected chi connectivity index (χ0v) is 8.34. The maximum atomic E-state index is 5.21. The van der Waals surface area contributed by atoms with Crippen molar-refractivity contribution in [3.63, 3.8) is 0 Å². The smallest absolute Gasteiger partial charge is 0.232 e. The van der Waals surface area contributed by atoms with Gasteiger partial charge >= 0.3 is 0 Å². The summed E-state index contributed by atoms with van der Waals surface area (Å²) >= 11 is 0. The fourth-order valence-electron chi connectivity index (χ4n) is 1.54. The van der Waals surface area contributed by atoms with Crippen molar-refractivity contribution in [3.05, 3.63) is 18.4 Å². The Bertz CT molecular complexity index is 470. The molecule has 6 heteroatoms. The van der Waals surface area contributed by atoms with E-state index in [-0.39, 0.29) is 0 Å². The minimum Gasteiger partial charge on any atom is -0.339 e. The van der Waals surface area contributed by atoms with Gasteiger partial charge in [-0.25, -0.2) is 4.98 Å². The monoisotopic (exact) mass is 205 g/mol. The van der Waals surface area contributed by atoms with E-state index in [1.165, 1.54) is 0 Å². The van der Waals surface area contributed by atoms with Crippen molar-refractivity contribution in [2.75, 3.05) is 13.1 Å². The molecule has 15 heavy (non-hydrogen) atoms. The quantitative estimate of drug-likeness (QED) is 0.756. The molecule has 2 aromatic heterocycles. The number of imidazole rings is 1. The summed E-state index contributed by atoms with van der Waals surface area (Å²) in [4.78, 5) is 8.37. The van der Waals surface area contributed by atoms with Crippen LogP contribution in [0.2, 0.25) is 0 Å². The fourth-order valence-corrected chi connectivity index (χ4v) is 1.54. The van der Waals surface area contributed by atoms with Crippen LogP contribution < -0.4 is 5.32 Å². The number of nitrogens with one attached hydrogen (secondary N) is 1. The topological polar surface area (TPSA) is 68.8 Å². The summed E-state index contributed by atoms with van der Waals surface area (Å²) in [5.41, 5.74) is 0.872. The molecule has 1 fully saturated rings. The number of aryl methyl sites for hydroxylation is 1. The molecule has 0 aliphatic carbocycles. The first-order valence-corrected chi connectivity index (χ1v) is 4.85. The Hall–Kier alpha value is -1.69. The Morgan fingerprint density at radius 1 is 1.53 bits per heavy atom. The SMILES string of the molecule is Cn1cncc1-c1noc(C2CNC2)n1. The third-order valence-electron chi connectivity index (χ3n) is 2.62. The van der Waals surface area contributed by atoms with Crippen LogP contribution in [0.15, 0.2) is 17.0 Å². The molecule has 1 N–H and O–H groups in total. The number of hydrogen-bond donors (Lipinski definition) is 1. The second-order valence-electron chi connectivity index (χ2n) is 3.70. The Morgan fingerprint density at radius 3 is 3.00 bits per heavy atom. The second-order valence-corrected chi connectivity index (χ2v) is 3.70. The lowest BCUT2D eigenvalue weighted by molar-refractivity contribution is 0.308. The molecule has 1 aliphatic heterocycles. The van der Waals surface area contributed by atoms with E-state index in [0.29, 0.717) is 17.6 Å². The highest BCUT2D eigenvalue weighted by molar-refractivity contribution is 5.47. The highest BCUT2D eigenvalue weighted by Crippen LogP contribution is 2.21. The van der Waals surface area contributed by atoms with E-state index in [0.717, 1.165) is 18.8 Å². The highest BCUT2D eigenvalue weighted by Gasteiger charge is 2.25. The molecular formula is C9H11N5O. The van der Waals surface area contributed by atoms with Crippen molar-refractivity contribution in [2.45, 2.75) is 5.92 Å². The standard InChI is InChI=1S/C9H11N5O/c1-14-5-11-4-7(14)8-12-9(15-13-8)6-2-10-3-6/h4-6,10H,2-3H2,1H3. The Morgan fingerprint density at radius 2 is 2.40 bits per heavy atom. The maximum absolute atomic E-state index is 5.21. The normalized spacial score (nSPS) is 16.6. The van der Waals surface area contributed by atoms with Crippen LogP contribution in [-0.4, -0.2) is 32.8 Å². The minimum absolute atomic E-state index is 0.375. The molecule has 0 atom stereocenters. The average Bonchev–Trinajstić information content (AvgIpc) is 2.70. The van der Waals surface area contributed by atoms with E-state index in [9.17, 15) is 0 Å². The molecule has 6 nitrogen and oxygen atoms in total. The summed E-state index contributed by atoms with van der Waals surface area (Å²) < 4.78 is 7.07. The lowest BCUT2D eigenvalue weighted by atomic mass is 10.0. The minimum atomic E-state index is 0.375. The number of nitrogens with zero attached hydrogens (tertiary/aromatic N) is 4. The largest absolute Gasteiger partial charge is 0.339 e. The van der Waals surface area contributed by atoms with Crippen LogP contribution in [0.25, 0.3) is 11.5 Å². The van der Waals surface area contributed by atoms with Gasteiger partial charge in [-0.05, 0) is 0 Å². The first-order chi connectivity index (χ1) is 7.34. The van der Waals surface area contributed by atoms with E-state index >= 15 is 0 Å². The summed E-state index contributed by atoms with van der Waals surface area (Å²) in [5.74, 6) is 1.70. The summed E-state index contributed by atoms with van der Waals surface area (Å²) in [6.45, 7) is 1.85. The zero-order valence-electron chi connectivity index (χ0n) is 8.34. The summed E-state index contributed by atoms with van der Waals surface area (Å²) in [7, 11) is 1.91. The van der Waals surface area contributed by atoms with Gasteiger partial charge in [-0.3, -0.25) is 0 Å². The summed E-state index contributed by atoms with van der Waals surface area (Å²) in [5, 5.41) is 7.12. The summed E-state index contributed by atoms with van der Waals surface area (Å²) in [6, 6.07) is 0. The van der Waals surface area contributed by atoms with Crippen LogP contribution in [0.3, 0.4) is 0 Å². The summed E-state index contributed by atoms with van der Waals surface area (Å²) in [6.07, 6.45) is 3.45. The molecule has 0 aromatic carbocycles. The van der Waals surface area contributed by atoms with Crippen molar-refractivity contribution in [3.8, 4) is 11.5 Å². The van der Waals surface area contributed by atoms with E-state index in [2.05, 4.69) is 20.4 Å². The molecule has 0 radical (unpaired) electrons. The lowest BCUT2D eigenvalue weighted by Crippen LogP contribution is -2.40. The van der Waals surface area contributed by atoms with E-state index in [1.807, 2.05) is 11.6 Å². The van der Waals surface area contributed by atoms with E-state index < -0.39 is 0 Å². The van der Waals surface area contributed by atoms with E-state index in [1.54, 1.807) is 12.5 Å². The van der Waals surface area contributed by atoms with Gasteiger partial charge in [0.05, 0.1) is 18.4 Å². The molecule has 0 saturated carbocycles. The van der Waals surface area contributed by atoms with Gasteiger partial charge in [0.1, 0.15) is 5.69 Å². The molecule has 0 bridgehead atoms. The van der Waals surface area contributed by atoms with Gasteiger partial charge < -0.3 is 14.4 Å². The molecule has 0 unspecified atom stereocenters. The molecule has 0 spiro atoms. The van der Waals surface area contributed by atoms with Crippen molar-refractivity contribution in [1.29, 1.82) is 0 Å². The predicted molar refractivity (Wildman–Crippen MR) is 52.1 cm³/mol. The fraction of sp³-hybridized carbons (Fsp3) is 0.444. The van der Waals surface area contributed by atoms with Crippen LogP contribution in [-0.2, 0) is 7.05 Å². The molecule has 1 aliphatic rings. The predicted octanol–water partition coefficient (Wildman–Crippen LogP) is 0.157. The van der Waals surface area contributed by atoms with Gasteiger partial charge in [0.15, 0.2) is 0 Å². The van der Waals surface area contributed by atoms with Crippen LogP contribution in [0, 0.1) is 0 Å². The molecule has 1 saturated heterocycles. The molecule has 2 aromatic rings. The second kappa shape index (κ2) is 3.16. The van der Waals surface area contributed by atoms with E-state index in [4.69, 9.17) is 4.52 Å². The number of aromatic nitrogens is 4. The van der Waals surface area contributed by atoms with Crippen molar-refractivity contribution in [1.82, 2.24) is 25.0 Å². The van der Waals surface area contributed by atoms with Crippen LogP contribution in [0.4, 0.5) is 0 Å². The van der Waals surface area contributed by atoms with Crippen molar-refractivity contribution < 1.29 is 4.52 Å². The Kier molecular flexibility index (Phi) is 1.81. The first-order valence-electron chi connectivity index (χ1n) is 4.85. The highest BCUT2D eigenvalue weighted by atomic mass is 16.5. The average molecular weight is 205 g/mol. The molecular weight excluding hydrogens is 194 g/mol. The molecule has 3 rings (SSSR count). The van der Waals surface area contributed by atoms with Crippen molar-refractivity contribution in [2.24, 2.45) is 7.05 Å². The molecule has 3 heterocycles. The van der Waals surface area contributed by atoms with Crippen LogP contribution in [0.5, 0.6) is 0 Å². The van der Waals surface area contributed by atoms with Gasteiger partial charge in [0.25, 0.3) is 0 Å². The lowest BCUT2D eigenvalue weighted by Gasteiger charge is -2.22.